The van der Waals surface area contributed by atoms with E-state index in [4.69, 9.17) is 0 Å². The van der Waals surface area contributed by atoms with Crippen molar-refractivity contribution in [3.63, 3.8) is 0 Å². The summed E-state index contributed by atoms with van der Waals surface area (Å²) in [6, 6.07) is 3.67. The van der Waals surface area contributed by atoms with E-state index in [9.17, 15) is 4.79 Å². The Labute approximate surface area is 121 Å². The average molecular weight is 275 g/mol. The predicted molar refractivity (Wildman–Crippen MR) is 81.8 cm³/mol. The summed E-state index contributed by atoms with van der Waals surface area (Å²) in [5.41, 5.74) is 1.72. The largest absolute Gasteiger partial charge is 0.328 e. The van der Waals surface area contributed by atoms with Crippen molar-refractivity contribution in [3.05, 3.63) is 24.0 Å². The van der Waals surface area contributed by atoms with Gasteiger partial charge in [0.15, 0.2) is 0 Å². The van der Waals surface area contributed by atoms with Crippen LogP contribution in [0.25, 0.3) is 0 Å². The van der Waals surface area contributed by atoms with Crippen LogP contribution < -0.4 is 5.32 Å². The Morgan fingerprint density at radius 2 is 2.15 bits per heavy atom. The maximum Gasteiger partial charge on any atom is 0.321 e. The van der Waals surface area contributed by atoms with Gasteiger partial charge in [-0.3, -0.25) is 4.98 Å². The molecule has 2 rings (SSSR count). The van der Waals surface area contributed by atoms with Gasteiger partial charge >= 0.3 is 6.03 Å². The second-order valence-corrected chi connectivity index (χ2v) is 5.83. The Morgan fingerprint density at radius 1 is 1.40 bits per heavy atom. The van der Waals surface area contributed by atoms with Crippen molar-refractivity contribution in [2.45, 2.75) is 45.4 Å². The van der Waals surface area contributed by atoms with Crippen LogP contribution in [-0.4, -0.2) is 29.5 Å². The molecular weight excluding hydrogens is 250 g/mol. The number of anilines is 1. The molecule has 0 unspecified atom stereocenters. The van der Waals surface area contributed by atoms with E-state index in [1.807, 2.05) is 26.1 Å². The van der Waals surface area contributed by atoms with Crippen LogP contribution in [0.1, 0.15) is 44.2 Å². The fourth-order valence-corrected chi connectivity index (χ4v) is 2.80. The monoisotopic (exact) mass is 275 g/mol. The number of pyridine rings is 1. The maximum absolute atomic E-state index is 12.1. The van der Waals surface area contributed by atoms with Gasteiger partial charge in [-0.05, 0) is 31.4 Å². The molecule has 1 N–H and O–H groups in total. The van der Waals surface area contributed by atoms with Crippen LogP contribution in [0.5, 0.6) is 0 Å². The van der Waals surface area contributed by atoms with E-state index in [2.05, 4.69) is 10.3 Å². The van der Waals surface area contributed by atoms with Crippen molar-refractivity contribution in [2.24, 2.45) is 5.92 Å². The zero-order valence-electron chi connectivity index (χ0n) is 12.6. The Morgan fingerprint density at radius 3 is 2.85 bits per heavy atom. The van der Waals surface area contributed by atoms with Crippen molar-refractivity contribution < 1.29 is 4.79 Å². The Bertz CT molecular complexity index is 441. The van der Waals surface area contributed by atoms with Crippen LogP contribution in [0.3, 0.4) is 0 Å². The molecule has 4 heteroatoms. The number of aromatic nitrogens is 1. The molecule has 110 valence electrons. The average Bonchev–Trinajstić information content (AvgIpc) is 2.46. The first-order chi connectivity index (χ1) is 9.65. The highest BCUT2D eigenvalue weighted by molar-refractivity contribution is 5.89. The van der Waals surface area contributed by atoms with E-state index in [1.54, 1.807) is 11.1 Å². The highest BCUT2D eigenvalue weighted by atomic mass is 16.2. The molecule has 1 heterocycles. The summed E-state index contributed by atoms with van der Waals surface area (Å²) in [5.74, 6) is 0.808. The molecule has 0 bridgehead atoms. The van der Waals surface area contributed by atoms with E-state index in [0.29, 0.717) is 0 Å². The number of hydrogen-bond acceptors (Lipinski definition) is 2. The molecule has 4 nitrogen and oxygen atoms in total. The molecule has 1 aliphatic carbocycles. The van der Waals surface area contributed by atoms with E-state index in [-0.39, 0.29) is 6.03 Å². The van der Waals surface area contributed by atoms with E-state index < -0.39 is 0 Å². The molecular formula is C16H25N3O. The third kappa shape index (κ3) is 4.51. The van der Waals surface area contributed by atoms with Gasteiger partial charge in [0.25, 0.3) is 0 Å². The molecule has 1 aliphatic rings. The van der Waals surface area contributed by atoms with Crippen molar-refractivity contribution in [1.29, 1.82) is 0 Å². The molecule has 0 aliphatic heterocycles. The number of aryl methyl sites for hydroxylation is 1. The first-order valence-corrected chi connectivity index (χ1v) is 7.60. The fourth-order valence-electron chi connectivity index (χ4n) is 2.80. The van der Waals surface area contributed by atoms with Gasteiger partial charge in [-0.25, -0.2) is 4.79 Å². The normalized spacial score (nSPS) is 15.9. The second kappa shape index (κ2) is 7.27. The lowest BCUT2D eigenvalue weighted by molar-refractivity contribution is 0.215. The molecule has 0 saturated heterocycles. The SMILES string of the molecule is Cc1cc(NC(=O)N(C)CCC2CCCCC2)ccn1. The van der Waals surface area contributed by atoms with Crippen LogP contribution in [0.15, 0.2) is 18.3 Å². The summed E-state index contributed by atoms with van der Waals surface area (Å²) in [5, 5.41) is 2.92. The standard InChI is InChI=1S/C16H25N3O/c1-13-12-15(8-10-17-13)18-16(20)19(2)11-9-14-6-4-3-5-7-14/h8,10,12,14H,3-7,9,11H2,1-2H3,(H,17,18,20). The second-order valence-electron chi connectivity index (χ2n) is 5.83. The summed E-state index contributed by atoms with van der Waals surface area (Å²) >= 11 is 0. The summed E-state index contributed by atoms with van der Waals surface area (Å²) < 4.78 is 0. The van der Waals surface area contributed by atoms with Crippen molar-refractivity contribution in [1.82, 2.24) is 9.88 Å². The van der Waals surface area contributed by atoms with Gasteiger partial charge in [-0.2, -0.15) is 0 Å². The lowest BCUT2D eigenvalue weighted by Gasteiger charge is -2.24. The van der Waals surface area contributed by atoms with E-state index in [0.717, 1.165) is 30.3 Å². The number of amides is 2. The minimum absolute atomic E-state index is 0.0357. The summed E-state index contributed by atoms with van der Waals surface area (Å²) in [4.78, 5) is 18.0. The Hall–Kier alpha value is -1.58. The third-order valence-corrected chi connectivity index (χ3v) is 4.09. The summed E-state index contributed by atoms with van der Waals surface area (Å²) in [6.07, 6.45) is 9.60. The summed E-state index contributed by atoms with van der Waals surface area (Å²) in [7, 11) is 1.87. The molecule has 0 atom stereocenters. The number of nitrogens with one attached hydrogen (secondary N) is 1. The van der Waals surface area contributed by atoms with Crippen LogP contribution >= 0.6 is 0 Å². The molecule has 0 spiro atoms. The Kier molecular flexibility index (Phi) is 5.39. The number of carbonyl (C=O) groups is 1. The molecule has 0 radical (unpaired) electrons. The zero-order chi connectivity index (χ0) is 14.4. The number of urea groups is 1. The van der Waals surface area contributed by atoms with Gasteiger partial charge in [0, 0.05) is 31.2 Å². The maximum atomic E-state index is 12.1. The minimum Gasteiger partial charge on any atom is -0.328 e. The van der Waals surface area contributed by atoms with Crippen molar-refractivity contribution in [2.75, 3.05) is 18.9 Å². The van der Waals surface area contributed by atoms with Gasteiger partial charge < -0.3 is 10.2 Å². The first-order valence-electron chi connectivity index (χ1n) is 7.60. The number of hydrogen-bond donors (Lipinski definition) is 1. The number of nitrogens with zero attached hydrogens (tertiary/aromatic N) is 2. The predicted octanol–water partition coefficient (Wildman–Crippen LogP) is 3.82. The number of rotatable bonds is 4. The molecule has 1 aromatic rings. The van der Waals surface area contributed by atoms with E-state index >= 15 is 0 Å². The zero-order valence-corrected chi connectivity index (χ0v) is 12.6. The molecule has 1 fully saturated rings. The van der Waals surface area contributed by atoms with Crippen LogP contribution in [0.4, 0.5) is 10.5 Å². The molecule has 20 heavy (non-hydrogen) atoms. The van der Waals surface area contributed by atoms with Gasteiger partial charge in [0.2, 0.25) is 0 Å². The fraction of sp³-hybridized carbons (Fsp3) is 0.625. The van der Waals surface area contributed by atoms with Gasteiger partial charge in [0.05, 0.1) is 0 Å². The van der Waals surface area contributed by atoms with Crippen LogP contribution in [-0.2, 0) is 0 Å². The quantitative estimate of drug-likeness (QED) is 0.907. The molecule has 1 saturated carbocycles. The molecule has 2 amide bonds. The highest BCUT2D eigenvalue weighted by Crippen LogP contribution is 2.26. The molecule has 1 aromatic heterocycles. The molecule has 0 aromatic carbocycles. The first kappa shape index (κ1) is 14.8. The van der Waals surface area contributed by atoms with Crippen molar-refractivity contribution in [3.8, 4) is 0 Å². The third-order valence-electron chi connectivity index (χ3n) is 4.09. The smallest absolute Gasteiger partial charge is 0.321 e. The van der Waals surface area contributed by atoms with Crippen LogP contribution in [0.2, 0.25) is 0 Å². The number of carbonyl (C=O) groups excluding carboxylic acids is 1. The van der Waals surface area contributed by atoms with Crippen LogP contribution in [0, 0.1) is 12.8 Å². The van der Waals surface area contributed by atoms with Crippen molar-refractivity contribution >= 4 is 11.7 Å². The minimum atomic E-state index is -0.0357. The topological polar surface area (TPSA) is 45.2 Å². The van der Waals surface area contributed by atoms with E-state index in [1.165, 1.54) is 32.1 Å². The van der Waals surface area contributed by atoms with Gasteiger partial charge in [-0.1, -0.05) is 32.1 Å². The van der Waals surface area contributed by atoms with Gasteiger partial charge in [0.1, 0.15) is 0 Å². The summed E-state index contributed by atoms with van der Waals surface area (Å²) in [6.45, 7) is 2.75. The lowest BCUT2D eigenvalue weighted by Crippen LogP contribution is -2.33. The van der Waals surface area contributed by atoms with Gasteiger partial charge in [-0.15, -0.1) is 0 Å². The highest BCUT2D eigenvalue weighted by Gasteiger charge is 2.15. The Balaban J connectivity index is 1.76. The lowest BCUT2D eigenvalue weighted by atomic mass is 9.87.